The molecule has 172 valence electrons. The van der Waals surface area contributed by atoms with Gasteiger partial charge in [0.05, 0.1) is 25.7 Å². The van der Waals surface area contributed by atoms with Crippen LogP contribution in [0.5, 0.6) is 5.75 Å². The van der Waals surface area contributed by atoms with Crippen LogP contribution in [0.4, 0.5) is 8.78 Å². The number of benzene rings is 2. The molecule has 0 spiro atoms. The van der Waals surface area contributed by atoms with E-state index in [0.29, 0.717) is 34.2 Å². The van der Waals surface area contributed by atoms with Crippen molar-refractivity contribution in [1.82, 2.24) is 4.98 Å². The van der Waals surface area contributed by atoms with E-state index in [0.717, 1.165) is 48.5 Å². The molecule has 4 heterocycles. The molecule has 6 heteroatoms. The molecule has 0 saturated carbocycles. The van der Waals surface area contributed by atoms with Crippen LogP contribution in [0.1, 0.15) is 30.1 Å². The summed E-state index contributed by atoms with van der Waals surface area (Å²) in [4.78, 5) is 4.45. The molecule has 3 saturated heterocycles. The van der Waals surface area contributed by atoms with E-state index in [9.17, 15) is 13.9 Å². The molecule has 6 rings (SSSR count). The van der Waals surface area contributed by atoms with Gasteiger partial charge in [-0.05, 0) is 47.9 Å². The van der Waals surface area contributed by atoms with Crippen LogP contribution in [0.15, 0.2) is 61.3 Å². The summed E-state index contributed by atoms with van der Waals surface area (Å²) in [6, 6.07) is 11.2. The number of nitrogens with zero attached hydrogens (tertiary/aromatic N) is 2. The Hall–Kier alpha value is -2.83. The lowest BCUT2D eigenvalue weighted by Gasteiger charge is -2.58. The maximum Gasteiger partial charge on any atom is 0.131 e. The van der Waals surface area contributed by atoms with Crippen LogP contribution in [0.3, 0.4) is 0 Å². The molecule has 3 aliphatic rings. The highest BCUT2D eigenvalue weighted by Crippen LogP contribution is 2.48. The van der Waals surface area contributed by atoms with Crippen molar-refractivity contribution in [3.05, 3.63) is 84.1 Å². The molecule has 2 bridgehead atoms. The first kappa shape index (κ1) is 22.0. The molecular weight excluding hydrogens is 422 g/mol. The third-order valence-corrected chi connectivity index (χ3v) is 7.76. The van der Waals surface area contributed by atoms with Gasteiger partial charge < -0.3 is 14.3 Å². The van der Waals surface area contributed by atoms with Crippen LogP contribution in [-0.4, -0.2) is 40.8 Å². The molecule has 0 amide bonds. The second kappa shape index (κ2) is 8.50. The Bertz CT molecular complexity index is 1180. The Kier molecular flexibility index (Phi) is 5.67. The number of rotatable bonds is 6. The Morgan fingerprint density at radius 3 is 2.73 bits per heavy atom. The van der Waals surface area contributed by atoms with Crippen molar-refractivity contribution >= 4 is 10.9 Å². The zero-order valence-electron chi connectivity index (χ0n) is 18.8. The Morgan fingerprint density at radius 1 is 1.21 bits per heavy atom. The zero-order chi connectivity index (χ0) is 23.2. The van der Waals surface area contributed by atoms with Gasteiger partial charge in [-0.3, -0.25) is 4.98 Å². The predicted octanol–water partition coefficient (Wildman–Crippen LogP) is 5.17. The summed E-state index contributed by atoms with van der Waals surface area (Å²) >= 11 is 0. The number of quaternary nitrogens is 1. The standard InChI is InChI=1S/C27H29F2N2O2/c1-3-18-16-31(15-17-10-20(28)13-21(29)11-17)9-7-19(18)12-26(31)27(32)23-6-8-30-25-5-4-22(33-2)14-24(23)25/h3-6,8,10-11,13-14,18-19,26-27,32H,1,7,9,12,15-16H2,2H3/q+1/t18?,19?,26?,27-,31?/m0/s1. The average Bonchev–Trinajstić information content (AvgIpc) is 2.82. The monoisotopic (exact) mass is 451 g/mol. The van der Waals surface area contributed by atoms with Crippen LogP contribution in [0, 0.1) is 23.5 Å². The fourth-order valence-electron chi connectivity index (χ4n) is 6.19. The fraction of sp³-hybridized carbons (Fsp3) is 0.370. The second-order valence-corrected chi connectivity index (χ2v) is 9.54. The van der Waals surface area contributed by atoms with E-state index < -0.39 is 17.7 Å². The maximum atomic E-state index is 14.0. The van der Waals surface area contributed by atoms with E-state index in [4.69, 9.17) is 4.74 Å². The highest BCUT2D eigenvalue weighted by atomic mass is 19.1. The molecule has 5 atom stereocenters. The number of methoxy groups -OCH3 is 1. The van der Waals surface area contributed by atoms with Crippen molar-refractivity contribution < 1.29 is 23.1 Å². The number of aliphatic hydroxyl groups is 1. The first-order chi connectivity index (χ1) is 15.9. The van der Waals surface area contributed by atoms with Gasteiger partial charge in [0, 0.05) is 42.0 Å². The van der Waals surface area contributed by atoms with Crippen molar-refractivity contribution in [2.75, 3.05) is 20.2 Å². The van der Waals surface area contributed by atoms with Gasteiger partial charge in [0.1, 0.15) is 36.1 Å². The topological polar surface area (TPSA) is 42.4 Å². The zero-order valence-corrected chi connectivity index (χ0v) is 18.8. The van der Waals surface area contributed by atoms with Crippen LogP contribution >= 0.6 is 0 Å². The number of aromatic nitrogens is 1. The Balaban J connectivity index is 1.57. The normalized spacial score (nSPS) is 27.5. The fourth-order valence-corrected chi connectivity index (χ4v) is 6.19. The SMILES string of the molecule is C=CC1C[N+]2(Cc3cc(F)cc(F)c3)CCC1CC2[C@@H](O)c1ccnc2ccc(OC)cc12. The van der Waals surface area contributed by atoms with Crippen molar-refractivity contribution in [3.63, 3.8) is 0 Å². The van der Waals surface area contributed by atoms with Crippen molar-refractivity contribution in [1.29, 1.82) is 0 Å². The minimum absolute atomic E-state index is 0.0944. The van der Waals surface area contributed by atoms with Gasteiger partial charge in [-0.15, -0.1) is 6.58 Å². The average molecular weight is 452 g/mol. The molecule has 4 unspecified atom stereocenters. The van der Waals surface area contributed by atoms with Gasteiger partial charge >= 0.3 is 0 Å². The molecule has 4 nitrogen and oxygen atoms in total. The highest BCUT2D eigenvalue weighted by Gasteiger charge is 2.54. The molecule has 0 radical (unpaired) electrons. The molecule has 33 heavy (non-hydrogen) atoms. The Labute approximate surface area is 192 Å². The molecule has 0 aliphatic carbocycles. The number of ether oxygens (including phenoxy) is 1. The van der Waals surface area contributed by atoms with Gasteiger partial charge in [-0.1, -0.05) is 6.08 Å². The minimum atomic E-state index is -0.741. The molecule has 2 aromatic carbocycles. The van der Waals surface area contributed by atoms with Crippen molar-refractivity contribution in [2.45, 2.75) is 31.5 Å². The molecule has 3 fully saturated rings. The minimum Gasteiger partial charge on any atom is -0.497 e. The first-order valence-electron chi connectivity index (χ1n) is 11.5. The number of piperidine rings is 3. The number of pyridine rings is 1. The van der Waals surface area contributed by atoms with Gasteiger partial charge in [-0.25, -0.2) is 8.78 Å². The molecule has 1 aromatic heterocycles. The van der Waals surface area contributed by atoms with Crippen LogP contribution < -0.4 is 4.74 Å². The molecular formula is C27H29F2N2O2+. The number of fused-ring (bicyclic) bond motifs is 4. The summed E-state index contributed by atoms with van der Waals surface area (Å²) < 4.78 is 34.0. The third-order valence-electron chi connectivity index (χ3n) is 7.76. The lowest BCUT2D eigenvalue weighted by Crippen LogP contribution is -2.67. The largest absolute Gasteiger partial charge is 0.497 e. The molecule has 1 N–H and O–H groups in total. The first-order valence-corrected chi connectivity index (χ1v) is 11.5. The van der Waals surface area contributed by atoms with Crippen molar-refractivity contribution in [2.24, 2.45) is 11.8 Å². The Morgan fingerprint density at radius 2 is 2.00 bits per heavy atom. The third kappa shape index (κ3) is 3.91. The number of hydrogen-bond donors (Lipinski definition) is 1. The van der Waals surface area contributed by atoms with Crippen molar-refractivity contribution in [3.8, 4) is 5.75 Å². The quantitative estimate of drug-likeness (QED) is 0.416. The summed E-state index contributed by atoms with van der Waals surface area (Å²) in [5.41, 5.74) is 2.23. The van der Waals surface area contributed by atoms with Gasteiger partial charge in [0.2, 0.25) is 0 Å². The molecule has 3 aromatic rings. The highest BCUT2D eigenvalue weighted by molar-refractivity contribution is 5.83. The number of aliphatic hydroxyl groups excluding tert-OH is 1. The smallest absolute Gasteiger partial charge is 0.131 e. The number of hydrogen-bond acceptors (Lipinski definition) is 3. The lowest BCUT2D eigenvalue weighted by atomic mass is 9.71. The summed E-state index contributed by atoms with van der Waals surface area (Å²) in [7, 11) is 1.62. The van der Waals surface area contributed by atoms with E-state index >= 15 is 0 Å². The summed E-state index contributed by atoms with van der Waals surface area (Å²) in [5, 5.41) is 12.6. The summed E-state index contributed by atoms with van der Waals surface area (Å²) in [6.07, 6.45) is 4.85. The van der Waals surface area contributed by atoms with E-state index in [1.807, 2.05) is 30.3 Å². The predicted molar refractivity (Wildman–Crippen MR) is 124 cm³/mol. The summed E-state index contributed by atoms with van der Waals surface area (Å²) in [6.45, 7) is 6.18. The maximum absolute atomic E-state index is 14.0. The van der Waals surface area contributed by atoms with E-state index in [1.54, 1.807) is 13.3 Å². The van der Waals surface area contributed by atoms with Gasteiger partial charge in [-0.2, -0.15) is 0 Å². The van der Waals surface area contributed by atoms with Gasteiger partial charge in [0.15, 0.2) is 0 Å². The van der Waals surface area contributed by atoms with E-state index in [-0.39, 0.29) is 6.04 Å². The van der Waals surface area contributed by atoms with Gasteiger partial charge in [0.25, 0.3) is 0 Å². The van der Waals surface area contributed by atoms with Crippen LogP contribution in [0.25, 0.3) is 10.9 Å². The van der Waals surface area contributed by atoms with E-state index in [1.165, 1.54) is 12.1 Å². The summed E-state index contributed by atoms with van der Waals surface area (Å²) in [5.74, 6) is 0.351. The second-order valence-electron chi connectivity index (χ2n) is 9.54. The van der Waals surface area contributed by atoms with Crippen LogP contribution in [-0.2, 0) is 6.54 Å². The molecule has 3 aliphatic heterocycles. The number of halogens is 2. The lowest BCUT2D eigenvalue weighted by molar-refractivity contribution is -0.985. The van der Waals surface area contributed by atoms with Crippen LogP contribution in [0.2, 0.25) is 0 Å². The van der Waals surface area contributed by atoms with E-state index in [2.05, 4.69) is 11.6 Å².